The molecule has 3 amide bonds. The summed E-state index contributed by atoms with van der Waals surface area (Å²) in [5.41, 5.74) is 1.19. The molecule has 2 N–H and O–H groups in total. The van der Waals surface area contributed by atoms with Gasteiger partial charge < -0.3 is 25.0 Å². The Morgan fingerprint density at radius 3 is 2.41 bits per heavy atom. The molecule has 170 valence electrons. The summed E-state index contributed by atoms with van der Waals surface area (Å²) in [4.78, 5) is 39.4. The SMILES string of the molecule is CCOC(=O)C(C)N1C[C@@H](c2ccc(OC)cc2)[C@H](NC(=O)Nc2ccc(F)cc2)C1=O. The molecule has 0 bridgehead atoms. The standard InChI is InChI=1S/C23H26FN3O5/c1-4-32-22(29)14(2)27-13-19(15-5-11-18(31-3)12-6-15)20(21(27)28)26-23(30)25-17-9-7-16(24)8-10-17/h5-12,14,19-20H,4,13H2,1-3H3,(H2,25,26,30)/t14?,19-,20-/m0/s1. The lowest BCUT2D eigenvalue weighted by Gasteiger charge is -2.23. The number of ether oxygens (including phenoxy) is 2. The Kier molecular flexibility index (Phi) is 7.29. The molecule has 0 radical (unpaired) electrons. The summed E-state index contributed by atoms with van der Waals surface area (Å²) >= 11 is 0. The summed E-state index contributed by atoms with van der Waals surface area (Å²) in [5, 5.41) is 5.30. The number of methoxy groups -OCH3 is 1. The Labute approximate surface area is 185 Å². The van der Waals surface area contributed by atoms with Crippen molar-refractivity contribution in [3.05, 3.63) is 59.9 Å². The second-order valence-corrected chi connectivity index (χ2v) is 7.38. The van der Waals surface area contributed by atoms with Gasteiger partial charge in [0.15, 0.2) is 0 Å². The molecule has 1 saturated heterocycles. The van der Waals surface area contributed by atoms with Gasteiger partial charge in [0.2, 0.25) is 5.91 Å². The van der Waals surface area contributed by atoms with Crippen molar-refractivity contribution in [3.8, 4) is 5.75 Å². The maximum absolute atomic E-state index is 13.2. The lowest BCUT2D eigenvalue weighted by molar-refractivity contribution is -0.152. The Morgan fingerprint density at radius 2 is 1.81 bits per heavy atom. The van der Waals surface area contributed by atoms with Crippen LogP contribution in [0.4, 0.5) is 14.9 Å². The third kappa shape index (κ3) is 5.16. The predicted molar refractivity (Wildman–Crippen MR) is 116 cm³/mol. The van der Waals surface area contributed by atoms with Gasteiger partial charge in [-0.25, -0.2) is 14.0 Å². The number of hydrogen-bond acceptors (Lipinski definition) is 5. The fraction of sp³-hybridized carbons (Fsp3) is 0.348. The highest BCUT2D eigenvalue weighted by atomic mass is 19.1. The normalized spacial score (nSPS) is 18.8. The van der Waals surface area contributed by atoms with Crippen molar-refractivity contribution in [2.75, 3.05) is 25.6 Å². The van der Waals surface area contributed by atoms with Crippen LogP contribution in [0.2, 0.25) is 0 Å². The number of anilines is 1. The van der Waals surface area contributed by atoms with Crippen LogP contribution in [0.3, 0.4) is 0 Å². The number of halogens is 1. The largest absolute Gasteiger partial charge is 0.497 e. The van der Waals surface area contributed by atoms with Crippen LogP contribution in [0.15, 0.2) is 48.5 Å². The molecule has 1 unspecified atom stereocenters. The maximum atomic E-state index is 13.2. The summed E-state index contributed by atoms with van der Waals surface area (Å²) in [7, 11) is 1.56. The highest BCUT2D eigenvalue weighted by Gasteiger charge is 2.45. The van der Waals surface area contributed by atoms with Gasteiger partial charge in [-0.15, -0.1) is 0 Å². The smallest absolute Gasteiger partial charge is 0.328 e. The van der Waals surface area contributed by atoms with E-state index < -0.39 is 35.8 Å². The predicted octanol–water partition coefficient (Wildman–Crippen LogP) is 2.90. The minimum Gasteiger partial charge on any atom is -0.497 e. The zero-order valence-corrected chi connectivity index (χ0v) is 18.1. The third-order valence-electron chi connectivity index (χ3n) is 5.37. The first-order chi connectivity index (χ1) is 15.3. The van der Waals surface area contributed by atoms with E-state index in [0.717, 1.165) is 5.56 Å². The van der Waals surface area contributed by atoms with Crippen LogP contribution < -0.4 is 15.4 Å². The van der Waals surface area contributed by atoms with Crippen LogP contribution in [-0.2, 0) is 14.3 Å². The molecule has 1 aliphatic heterocycles. The maximum Gasteiger partial charge on any atom is 0.328 e. The monoisotopic (exact) mass is 443 g/mol. The molecule has 1 fully saturated rings. The van der Waals surface area contributed by atoms with Crippen LogP contribution in [0.5, 0.6) is 5.75 Å². The fourth-order valence-corrected chi connectivity index (χ4v) is 3.65. The summed E-state index contributed by atoms with van der Waals surface area (Å²) in [6, 6.07) is 10.2. The van der Waals surface area contributed by atoms with Crippen molar-refractivity contribution in [1.29, 1.82) is 0 Å². The minimum absolute atomic E-state index is 0.203. The van der Waals surface area contributed by atoms with E-state index in [0.29, 0.717) is 11.4 Å². The van der Waals surface area contributed by atoms with E-state index in [1.807, 2.05) is 12.1 Å². The van der Waals surface area contributed by atoms with Gasteiger partial charge in [-0.1, -0.05) is 12.1 Å². The molecule has 2 aromatic rings. The van der Waals surface area contributed by atoms with Crippen LogP contribution in [0.1, 0.15) is 25.3 Å². The molecule has 0 saturated carbocycles. The number of carbonyl (C=O) groups excluding carboxylic acids is 3. The van der Waals surface area contributed by atoms with E-state index >= 15 is 0 Å². The first-order valence-electron chi connectivity index (χ1n) is 10.3. The molecule has 3 atom stereocenters. The minimum atomic E-state index is -0.902. The zero-order valence-electron chi connectivity index (χ0n) is 18.1. The summed E-state index contributed by atoms with van der Waals surface area (Å²) in [6.07, 6.45) is 0. The van der Waals surface area contributed by atoms with E-state index in [1.54, 1.807) is 33.1 Å². The van der Waals surface area contributed by atoms with Gasteiger partial charge in [0, 0.05) is 18.2 Å². The number of hydrogen-bond donors (Lipinski definition) is 2. The Balaban J connectivity index is 1.82. The van der Waals surface area contributed by atoms with Gasteiger partial charge in [-0.3, -0.25) is 4.79 Å². The molecule has 9 heteroatoms. The number of likely N-dealkylation sites (tertiary alicyclic amines) is 1. The number of nitrogens with one attached hydrogen (secondary N) is 2. The molecule has 1 aliphatic rings. The molecule has 1 heterocycles. The number of amides is 3. The molecule has 32 heavy (non-hydrogen) atoms. The van der Waals surface area contributed by atoms with Crippen LogP contribution in [-0.4, -0.2) is 55.2 Å². The molecule has 3 rings (SSSR count). The molecule has 2 aromatic carbocycles. The van der Waals surface area contributed by atoms with Crippen molar-refractivity contribution in [3.63, 3.8) is 0 Å². The van der Waals surface area contributed by atoms with Crippen LogP contribution in [0, 0.1) is 5.82 Å². The average molecular weight is 443 g/mol. The number of rotatable bonds is 7. The van der Waals surface area contributed by atoms with Crippen molar-refractivity contribution in [2.45, 2.75) is 31.8 Å². The van der Waals surface area contributed by atoms with E-state index in [4.69, 9.17) is 9.47 Å². The van der Waals surface area contributed by atoms with Gasteiger partial charge in [0.25, 0.3) is 0 Å². The van der Waals surface area contributed by atoms with Crippen molar-refractivity contribution in [1.82, 2.24) is 10.2 Å². The molecular formula is C23H26FN3O5. The number of nitrogens with zero attached hydrogens (tertiary/aromatic N) is 1. The third-order valence-corrected chi connectivity index (χ3v) is 5.37. The lowest BCUT2D eigenvalue weighted by atomic mass is 9.94. The molecule has 0 aliphatic carbocycles. The summed E-state index contributed by atoms with van der Waals surface area (Å²) < 4.78 is 23.4. The first-order valence-corrected chi connectivity index (χ1v) is 10.3. The molecule has 8 nitrogen and oxygen atoms in total. The number of esters is 1. The van der Waals surface area contributed by atoms with Crippen LogP contribution >= 0.6 is 0 Å². The second kappa shape index (κ2) is 10.1. The van der Waals surface area contributed by atoms with Gasteiger partial charge in [0.05, 0.1) is 13.7 Å². The number of carbonyl (C=O) groups is 3. The van der Waals surface area contributed by atoms with Gasteiger partial charge in [-0.2, -0.15) is 0 Å². The zero-order chi connectivity index (χ0) is 23.3. The average Bonchev–Trinajstić information content (AvgIpc) is 3.11. The van der Waals surface area contributed by atoms with E-state index in [1.165, 1.54) is 29.2 Å². The van der Waals surface area contributed by atoms with Crippen LogP contribution in [0.25, 0.3) is 0 Å². The quantitative estimate of drug-likeness (QED) is 0.642. The lowest BCUT2D eigenvalue weighted by Crippen LogP contribution is -2.48. The van der Waals surface area contributed by atoms with Gasteiger partial charge in [0.1, 0.15) is 23.7 Å². The van der Waals surface area contributed by atoms with E-state index in [-0.39, 0.29) is 19.1 Å². The van der Waals surface area contributed by atoms with Crippen molar-refractivity contribution >= 4 is 23.6 Å². The summed E-state index contributed by atoms with van der Waals surface area (Å²) in [6.45, 7) is 3.73. The van der Waals surface area contributed by atoms with Gasteiger partial charge >= 0.3 is 12.0 Å². The molecule has 0 aromatic heterocycles. The highest BCUT2D eigenvalue weighted by molar-refractivity contribution is 5.96. The fourth-order valence-electron chi connectivity index (χ4n) is 3.65. The topological polar surface area (TPSA) is 97.0 Å². The van der Waals surface area contributed by atoms with E-state index in [9.17, 15) is 18.8 Å². The van der Waals surface area contributed by atoms with E-state index in [2.05, 4.69) is 10.6 Å². The Morgan fingerprint density at radius 1 is 1.16 bits per heavy atom. The first kappa shape index (κ1) is 23.1. The molecular weight excluding hydrogens is 417 g/mol. The van der Waals surface area contributed by atoms with Crippen molar-refractivity contribution in [2.24, 2.45) is 0 Å². The van der Waals surface area contributed by atoms with Crippen molar-refractivity contribution < 1.29 is 28.2 Å². The number of benzene rings is 2. The Bertz CT molecular complexity index is 965. The molecule has 0 spiro atoms. The highest BCUT2D eigenvalue weighted by Crippen LogP contribution is 2.31. The van der Waals surface area contributed by atoms with Gasteiger partial charge in [-0.05, 0) is 55.8 Å². The number of urea groups is 1. The second-order valence-electron chi connectivity index (χ2n) is 7.38. The Hall–Kier alpha value is -3.62. The summed E-state index contributed by atoms with van der Waals surface area (Å²) in [5.74, 6) is -1.06.